The minimum Gasteiger partial charge on any atom is -0.486 e. The van der Waals surface area contributed by atoms with Crippen molar-refractivity contribution in [3.63, 3.8) is 0 Å². The third-order valence-corrected chi connectivity index (χ3v) is 4.41. The zero-order valence-electron chi connectivity index (χ0n) is 13.7. The molecule has 2 aromatic rings. The van der Waals surface area contributed by atoms with E-state index in [4.69, 9.17) is 9.47 Å². The first-order chi connectivity index (χ1) is 12.0. The summed E-state index contributed by atoms with van der Waals surface area (Å²) in [6.07, 6.45) is 0. The summed E-state index contributed by atoms with van der Waals surface area (Å²) >= 11 is 3.53. The van der Waals surface area contributed by atoms with Crippen molar-refractivity contribution >= 4 is 27.5 Å². The fraction of sp³-hybridized carbons (Fsp3) is 0.278. The Hall–Kier alpha value is -2.12. The lowest BCUT2D eigenvalue weighted by Gasteiger charge is -2.22. The molecule has 2 aromatic carbocycles. The molecular formula is C18H18BrFN2O3. The van der Waals surface area contributed by atoms with E-state index in [0.29, 0.717) is 36.9 Å². The van der Waals surface area contributed by atoms with Gasteiger partial charge in [0.15, 0.2) is 11.5 Å². The SMILES string of the molecule is CN(CC(=O)Nc1cccc(F)c1)Cc1cc2c(cc1Br)OCCO2. The third kappa shape index (κ3) is 4.70. The van der Waals surface area contributed by atoms with E-state index in [1.807, 2.05) is 24.1 Å². The van der Waals surface area contributed by atoms with Crippen molar-refractivity contribution in [3.05, 3.63) is 52.3 Å². The molecule has 0 bridgehead atoms. The van der Waals surface area contributed by atoms with Crippen molar-refractivity contribution in [1.82, 2.24) is 4.90 Å². The van der Waals surface area contributed by atoms with Crippen LogP contribution in [0.5, 0.6) is 11.5 Å². The average Bonchev–Trinajstić information content (AvgIpc) is 2.55. The normalized spacial score (nSPS) is 13.0. The smallest absolute Gasteiger partial charge is 0.238 e. The van der Waals surface area contributed by atoms with Crippen LogP contribution in [-0.4, -0.2) is 37.6 Å². The zero-order chi connectivity index (χ0) is 17.8. The van der Waals surface area contributed by atoms with Gasteiger partial charge in [-0.05, 0) is 42.9 Å². The van der Waals surface area contributed by atoms with E-state index >= 15 is 0 Å². The Labute approximate surface area is 153 Å². The average molecular weight is 409 g/mol. The first-order valence-electron chi connectivity index (χ1n) is 7.83. The second-order valence-electron chi connectivity index (χ2n) is 5.82. The van der Waals surface area contributed by atoms with Crippen LogP contribution in [0.25, 0.3) is 0 Å². The number of carbonyl (C=O) groups excluding carboxylic acids is 1. The fourth-order valence-corrected chi connectivity index (χ4v) is 3.03. The number of hydrogen-bond acceptors (Lipinski definition) is 4. The maximum Gasteiger partial charge on any atom is 0.238 e. The Balaban J connectivity index is 1.60. The number of fused-ring (bicyclic) bond motifs is 1. The van der Waals surface area contributed by atoms with E-state index in [2.05, 4.69) is 21.2 Å². The number of carbonyl (C=O) groups is 1. The first kappa shape index (κ1) is 17.7. The Kier molecular flexibility index (Phi) is 5.55. The summed E-state index contributed by atoms with van der Waals surface area (Å²) in [4.78, 5) is 14.0. The van der Waals surface area contributed by atoms with Gasteiger partial charge in [0.05, 0.1) is 6.54 Å². The number of hydrogen-bond donors (Lipinski definition) is 1. The second-order valence-corrected chi connectivity index (χ2v) is 6.67. The highest BCUT2D eigenvalue weighted by Gasteiger charge is 2.16. The summed E-state index contributed by atoms with van der Waals surface area (Å²) in [5.74, 6) is 0.837. The molecule has 25 heavy (non-hydrogen) atoms. The highest BCUT2D eigenvalue weighted by Crippen LogP contribution is 2.35. The van der Waals surface area contributed by atoms with Crippen molar-refractivity contribution in [1.29, 1.82) is 0 Å². The molecule has 0 atom stereocenters. The van der Waals surface area contributed by atoms with Gasteiger partial charge in [-0.25, -0.2) is 4.39 Å². The Morgan fingerprint density at radius 3 is 2.68 bits per heavy atom. The van der Waals surface area contributed by atoms with Gasteiger partial charge in [-0.3, -0.25) is 9.69 Å². The molecule has 132 valence electrons. The van der Waals surface area contributed by atoms with Gasteiger partial charge in [0.1, 0.15) is 19.0 Å². The number of anilines is 1. The maximum atomic E-state index is 13.2. The molecule has 3 rings (SSSR count). The lowest BCUT2D eigenvalue weighted by molar-refractivity contribution is -0.117. The molecular weight excluding hydrogens is 391 g/mol. The Morgan fingerprint density at radius 2 is 1.96 bits per heavy atom. The maximum absolute atomic E-state index is 13.2. The molecule has 1 N–H and O–H groups in total. The van der Waals surface area contributed by atoms with Crippen molar-refractivity contribution in [2.45, 2.75) is 6.54 Å². The van der Waals surface area contributed by atoms with Gasteiger partial charge in [0.2, 0.25) is 5.91 Å². The lowest BCUT2D eigenvalue weighted by atomic mass is 10.2. The van der Waals surface area contributed by atoms with Crippen LogP contribution in [-0.2, 0) is 11.3 Å². The minimum absolute atomic E-state index is 0.178. The summed E-state index contributed by atoms with van der Waals surface area (Å²) in [5.41, 5.74) is 1.43. The van der Waals surface area contributed by atoms with Crippen LogP contribution in [0.2, 0.25) is 0 Å². The number of amides is 1. The molecule has 1 amide bonds. The highest BCUT2D eigenvalue weighted by molar-refractivity contribution is 9.10. The minimum atomic E-state index is -0.383. The molecule has 0 radical (unpaired) electrons. The van der Waals surface area contributed by atoms with Crippen molar-refractivity contribution in [2.24, 2.45) is 0 Å². The van der Waals surface area contributed by atoms with Crippen molar-refractivity contribution in [3.8, 4) is 11.5 Å². The van der Waals surface area contributed by atoms with Crippen LogP contribution in [0.1, 0.15) is 5.56 Å². The Morgan fingerprint density at radius 1 is 1.24 bits per heavy atom. The predicted molar refractivity (Wildman–Crippen MR) is 96.5 cm³/mol. The molecule has 0 spiro atoms. The molecule has 0 aromatic heterocycles. The van der Waals surface area contributed by atoms with Crippen LogP contribution < -0.4 is 14.8 Å². The van der Waals surface area contributed by atoms with Gasteiger partial charge < -0.3 is 14.8 Å². The molecule has 1 heterocycles. The lowest BCUT2D eigenvalue weighted by Crippen LogP contribution is -2.30. The Bertz CT molecular complexity index is 785. The molecule has 0 saturated carbocycles. The summed E-state index contributed by atoms with van der Waals surface area (Å²) in [6, 6.07) is 9.62. The number of nitrogens with zero attached hydrogens (tertiary/aromatic N) is 1. The van der Waals surface area contributed by atoms with Crippen LogP contribution in [0.4, 0.5) is 10.1 Å². The number of benzene rings is 2. The number of nitrogens with one attached hydrogen (secondary N) is 1. The van der Waals surface area contributed by atoms with Crippen molar-refractivity contribution in [2.75, 3.05) is 32.1 Å². The van der Waals surface area contributed by atoms with E-state index in [-0.39, 0.29) is 18.3 Å². The van der Waals surface area contributed by atoms with E-state index in [1.165, 1.54) is 12.1 Å². The number of rotatable bonds is 5. The molecule has 0 fully saturated rings. The molecule has 7 heteroatoms. The molecule has 0 saturated heterocycles. The molecule has 1 aliphatic heterocycles. The summed E-state index contributed by atoms with van der Waals surface area (Å²) < 4.78 is 25.2. The molecule has 0 unspecified atom stereocenters. The number of likely N-dealkylation sites (N-methyl/N-ethyl adjacent to an activating group) is 1. The van der Waals surface area contributed by atoms with E-state index < -0.39 is 0 Å². The van der Waals surface area contributed by atoms with Gasteiger partial charge in [-0.1, -0.05) is 22.0 Å². The van der Waals surface area contributed by atoms with E-state index in [1.54, 1.807) is 12.1 Å². The first-order valence-corrected chi connectivity index (χ1v) is 8.62. The van der Waals surface area contributed by atoms with Crippen LogP contribution in [0.3, 0.4) is 0 Å². The van der Waals surface area contributed by atoms with E-state index in [0.717, 1.165) is 10.0 Å². The largest absolute Gasteiger partial charge is 0.486 e. The second kappa shape index (κ2) is 7.84. The van der Waals surface area contributed by atoms with E-state index in [9.17, 15) is 9.18 Å². The monoisotopic (exact) mass is 408 g/mol. The third-order valence-electron chi connectivity index (χ3n) is 3.67. The quantitative estimate of drug-likeness (QED) is 0.823. The van der Waals surface area contributed by atoms with Gasteiger partial charge in [0, 0.05) is 16.7 Å². The number of halogens is 2. The van der Waals surface area contributed by atoms with Crippen LogP contribution in [0, 0.1) is 5.82 Å². The summed E-state index contributed by atoms with van der Waals surface area (Å²) in [5, 5.41) is 2.69. The van der Waals surface area contributed by atoms with Gasteiger partial charge in [0.25, 0.3) is 0 Å². The summed E-state index contributed by atoms with van der Waals surface area (Å²) in [6.45, 7) is 1.80. The zero-order valence-corrected chi connectivity index (χ0v) is 15.3. The van der Waals surface area contributed by atoms with Crippen LogP contribution >= 0.6 is 15.9 Å². The van der Waals surface area contributed by atoms with Gasteiger partial charge in [-0.15, -0.1) is 0 Å². The topological polar surface area (TPSA) is 50.8 Å². The fourth-order valence-electron chi connectivity index (χ4n) is 2.59. The molecule has 0 aliphatic carbocycles. The van der Waals surface area contributed by atoms with Gasteiger partial charge >= 0.3 is 0 Å². The molecule has 1 aliphatic rings. The number of ether oxygens (including phenoxy) is 2. The van der Waals surface area contributed by atoms with Crippen LogP contribution in [0.15, 0.2) is 40.9 Å². The van der Waals surface area contributed by atoms with Gasteiger partial charge in [-0.2, -0.15) is 0 Å². The standard InChI is InChI=1S/C18H18BrFN2O3/c1-22(11-18(23)21-14-4-2-3-13(20)8-14)10-12-7-16-17(9-15(12)19)25-6-5-24-16/h2-4,7-9H,5-6,10-11H2,1H3,(H,21,23). The predicted octanol–water partition coefficient (Wildman–Crippen LogP) is 3.43. The van der Waals surface area contributed by atoms with Crippen molar-refractivity contribution < 1.29 is 18.7 Å². The summed E-state index contributed by atoms with van der Waals surface area (Å²) in [7, 11) is 1.84. The highest BCUT2D eigenvalue weighted by atomic mass is 79.9. The molecule has 5 nitrogen and oxygen atoms in total.